The zero-order valence-corrected chi connectivity index (χ0v) is 6.96. The van der Waals surface area contributed by atoms with Crippen LogP contribution in [-0.2, 0) is 13.1 Å². The first-order valence-electron chi connectivity index (χ1n) is 4.12. The lowest BCUT2D eigenvalue weighted by atomic mass is 10.0. The first-order chi connectivity index (χ1) is 5.88. The lowest BCUT2D eigenvalue weighted by Gasteiger charge is -2.04. The van der Waals surface area contributed by atoms with Gasteiger partial charge in [-0.15, -0.1) is 0 Å². The van der Waals surface area contributed by atoms with E-state index in [1.807, 2.05) is 18.2 Å². The third-order valence-corrected chi connectivity index (χ3v) is 1.87. The Bertz CT molecular complexity index is 235. The van der Waals surface area contributed by atoms with Crippen molar-refractivity contribution in [2.24, 2.45) is 0 Å². The van der Waals surface area contributed by atoms with Gasteiger partial charge in [0.05, 0.1) is 0 Å². The molecule has 1 nitrogen and oxygen atoms in total. The number of rotatable bonds is 4. The van der Waals surface area contributed by atoms with Crippen molar-refractivity contribution < 1.29 is 9.50 Å². The van der Waals surface area contributed by atoms with Crippen molar-refractivity contribution in [2.75, 3.05) is 6.61 Å². The van der Waals surface area contributed by atoms with Crippen LogP contribution in [-0.4, -0.2) is 11.7 Å². The van der Waals surface area contributed by atoms with Gasteiger partial charge in [0.1, 0.15) is 6.67 Å². The van der Waals surface area contributed by atoms with E-state index < -0.39 is 6.67 Å². The Morgan fingerprint density at radius 1 is 1.17 bits per heavy atom. The van der Waals surface area contributed by atoms with Gasteiger partial charge in [-0.1, -0.05) is 24.3 Å². The van der Waals surface area contributed by atoms with E-state index >= 15 is 0 Å². The molecule has 0 aliphatic rings. The predicted octanol–water partition coefficient (Wildman–Crippen LogP) is 2.08. The number of aliphatic hydroxyl groups excluding tert-OH is 1. The minimum Gasteiger partial charge on any atom is -0.396 e. The molecule has 0 fully saturated rings. The maximum atomic E-state index is 12.4. The molecule has 0 saturated heterocycles. The van der Waals surface area contributed by atoms with Crippen LogP contribution in [0.5, 0.6) is 0 Å². The second-order valence-corrected chi connectivity index (χ2v) is 2.73. The van der Waals surface area contributed by atoms with Crippen molar-refractivity contribution >= 4 is 0 Å². The van der Waals surface area contributed by atoms with Gasteiger partial charge in [0.2, 0.25) is 0 Å². The van der Waals surface area contributed by atoms with Crippen LogP contribution in [0.4, 0.5) is 4.39 Å². The average molecular weight is 168 g/mol. The molecular formula is C10H13FO. The van der Waals surface area contributed by atoms with Crippen LogP contribution in [0.15, 0.2) is 24.3 Å². The molecule has 0 saturated carbocycles. The van der Waals surface area contributed by atoms with Gasteiger partial charge in [-0.05, 0) is 24.0 Å². The monoisotopic (exact) mass is 168 g/mol. The van der Waals surface area contributed by atoms with Gasteiger partial charge < -0.3 is 5.11 Å². The number of aliphatic hydroxyl groups is 1. The first-order valence-corrected chi connectivity index (χ1v) is 4.12. The number of hydrogen-bond acceptors (Lipinski definition) is 1. The quantitative estimate of drug-likeness (QED) is 0.729. The van der Waals surface area contributed by atoms with E-state index in [9.17, 15) is 4.39 Å². The van der Waals surface area contributed by atoms with E-state index in [0.29, 0.717) is 6.42 Å². The van der Waals surface area contributed by atoms with Crippen molar-refractivity contribution in [1.29, 1.82) is 0 Å². The van der Waals surface area contributed by atoms with Gasteiger partial charge in [-0.25, -0.2) is 4.39 Å². The van der Waals surface area contributed by atoms with Gasteiger partial charge in [0, 0.05) is 6.61 Å². The molecular weight excluding hydrogens is 155 g/mol. The number of aryl methyl sites for hydroxylation is 1. The van der Waals surface area contributed by atoms with E-state index in [-0.39, 0.29) is 6.61 Å². The summed E-state index contributed by atoms with van der Waals surface area (Å²) in [6, 6.07) is 7.42. The summed E-state index contributed by atoms with van der Waals surface area (Å²) in [5, 5.41) is 8.60. The Labute approximate surface area is 71.9 Å². The van der Waals surface area contributed by atoms with E-state index in [1.165, 1.54) is 0 Å². The Hall–Kier alpha value is -0.890. The molecule has 0 atom stereocenters. The van der Waals surface area contributed by atoms with Crippen LogP contribution in [0.1, 0.15) is 17.5 Å². The SMILES string of the molecule is OCCCc1ccccc1CF. The zero-order valence-electron chi connectivity index (χ0n) is 6.96. The topological polar surface area (TPSA) is 20.2 Å². The molecule has 0 aromatic heterocycles. The minimum absolute atomic E-state index is 0.167. The van der Waals surface area contributed by atoms with Crippen LogP contribution in [0, 0.1) is 0 Å². The summed E-state index contributed by atoms with van der Waals surface area (Å²) in [6.45, 7) is -0.248. The molecule has 1 N–H and O–H groups in total. The Morgan fingerprint density at radius 3 is 2.42 bits per heavy atom. The maximum absolute atomic E-state index is 12.4. The predicted molar refractivity (Wildman–Crippen MR) is 46.7 cm³/mol. The second-order valence-electron chi connectivity index (χ2n) is 2.73. The molecule has 0 aliphatic carbocycles. The third-order valence-electron chi connectivity index (χ3n) is 1.87. The zero-order chi connectivity index (χ0) is 8.81. The smallest absolute Gasteiger partial charge is 0.115 e. The number of halogens is 1. The van der Waals surface area contributed by atoms with E-state index in [1.54, 1.807) is 6.07 Å². The molecule has 0 spiro atoms. The summed E-state index contributed by atoms with van der Waals surface area (Å²) in [5.41, 5.74) is 1.75. The van der Waals surface area contributed by atoms with Crippen molar-refractivity contribution in [3.05, 3.63) is 35.4 Å². The average Bonchev–Trinajstić information content (AvgIpc) is 2.15. The highest BCUT2D eigenvalue weighted by atomic mass is 19.1. The van der Waals surface area contributed by atoms with Gasteiger partial charge in [-0.3, -0.25) is 0 Å². The Morgan fingerprint density at radius 2 is 1.83 bits per heavy atom. The highest BCUT2D eigenvalue weighted by molar-refractivity contribution is 5.26. The van der Waals surface area contributed by atoms with Crippen molar-refractivity contribution in [1.82, 2.24) is 0 Å². The molecule has 0 aliphatic heterocycles. The van der Waals surface area contributed by atoms with Crippen molar-refractivity contribution in [3.63, 3.8) is 0 Å². The molecule has 0 bridgehead atoms. The Kier molecular flexibility index (Phi) is 3.74. The van der Waals surface area contributed by atoms with Crippen LogP contribution in [0.3, 0.4) is 0 Å². The number of benzene rings is 1. The van der Waals surface area contributed by atoms with E-state index in [0.717, 1.165) is 17.5 Å². The molecule has 0 unspecified atom stereocenters. The van der Waals surface area contributed by atoms with Crippen molar-refractivity contribution in [2.45, 2.75) is 19.5 Å². The first kappa shape index (κ1) is 9.20. The molecule has 1 aromatic rings. The maximum Gasteiger partial charge on any atom is 0.115 e. The number of hydrogen-bond donors (Lipinski definition) is 1. The molecule has 0 amide bonds. The van der Waals surface area contributed by atoms with Crippen molar-refractivity contribution in [3.8, 4) is 0 Å². The fraction of sp³-hybridized carbons (Fsp3) is 0.400. The molecule has 2 heteroatoms. The normalized spacial score (nSPS) is 10.2. The molecule has 0 heterocycles. The lowest BCUT2D eigenvalue weighted by Crippen LogP contribution is -1.93. The van der Waals surface area contributed by atoms with Crippen LogP contribution < -0.4 is 0 Å². The summed E-state index contributed by atoms with van der Waals surface area (Å²) in [4.78, 5) is 0. The summed E-state index contributed by atoms with van der Waals surface area (Å²) in [6.07, 6.45) is 1.47. The van der Waals surface area contributed by atoms with Crippen LogP contribution in [0.2, 0.25) is 0 Å². The molecule has 66 valence electrons. The van der Waals surface area contributed by atoms with Gasteiger partial charge in [-0.2, -0.15) is 0 Å². The second kappa shape index (κ2) is 4.88. The van der Waals surface area contributed by atoms with Crippen LogP contribution >= 0.6 is 0 Å². The summed E-state index contributed by atoms with van der Waals surface area (Å²) in [5.74, 6) is 0. The highest BCUT2D eigenvalue weighted by Gasteiger charge is 1.99. The summed E-state index contributed by atoms with van der Waals surface area (Å²) in [7, 11) is 0. The standard InChI is InChI=1S/C10H13FO/c11-8-10-5-2-1-4-9(10)6-3-7-12/h1-2,4-5,12H,3,6-8H2. The van der Waals surface area contributed by atoms with E-state index in [2.05, 4.69) is 0 Å². The Balaban J connectivity index is 2.68. The summed E-state index contributed by atoms with van der Waals surface area (Å²) < 4.78 is 12.4. The number of alkyl halides is 1. The highest BCUT2D eigenvalue weighted by Crippen LogP contribution is 2.11. The molecule has 1 aromatic carbocycles. The fourth-order valence-electron chi connectivity index (χ4n) is 1.20. The van der Waals surface area contributed by atoms with Crippen LogP contribution in [0.25, 0.3) is 0 Å². The minimum atomic E-state index is -0.415. The summed E-state index contributed by atoms with van der Waals surface area (Å²) >= 11 is 0. The lowest BCUT2D eigenvalue weighted by molar-refractivity contribution is 0.288. The van der Waals surface area contributed by atoms with E-state index in [4.69, 9.17) is 5.11 Å². The molecule has 0 radical (unpaired) electrons. The largest absolute Gasteiger partial charge is 0.396 e. The third kappa shape index (κ3) is 2.31. The molecule has 1 rings (SSSR count). The van der Waals surface area contributed by atoms with Gasteiger partial charge in [0.25, 0.3) is 0 Å². The van der Waals surface area contributed by atoms with Gasteiger partial charge >= 0.3 is 0 Å². The molecule has 12 heavy (non-hydrogen) atoms. The van der Waals surface area contributed by atoms with Gasteiger partial charge in [0.15, 0.2) is 0 Å². The fourth-order valence-corrected chi connectivity index (χ4v) is 1.20.